The van der Waals surface area contributed by atoms with Crippen molar-refractivity contribution in [1.29, 1.82) is 0 Å². The Morgan fingerprint density at radius 3 is 2.65 bits per heavy atom. The van der Waals surface area contributed by atoms with E-state index in [9.17, 15) is 13.6 Å². The number of hydrogen-bond acceptors (Lipinski definition) is 2. The van der Waals surface area contributed by atoms with Gasteiger partial charge in [-0.1, -0.05) is 29.8 Å². The quantitative estimate of drug-likeness (QED) is 0.826. The summed E-state index contributed by atoms with van der Waals surface area (Å²) in [6.07, 6.45) is 0. The zero-order chi connectivity index (χ0) is 17.6. The SMILES string of the molecule is Cl.O=C(c1c(F)cccc1Cl)N1C[C@@H]2CNC[C@@H]2[C@H]1c1cccc(F)c1. The number of amides is 1. The Bertz CT molecular complexity index is 813. The minimum Gasteiger partial charge on any atom is -0.331 e. The predicted octanol–water partition coefficient (Wildman–Crippen LogP) is 4.07. The van der Waals surface area contributed by atoms with Crippen molar-refractivity contribution in [2.75, 3.05) is 19.6 Å². The van der Waals surface area contributed by atoms with Crippen LogP contribution in [0.25, 0.3) is 0 Å². The molecule has 3 nitrogen and oxygen atoms in total. The first-order valence-corrected chi connectivity index (χ1v) is 8.65. The van der Waals surface area contributed by atoms with Crippen molar-refractivity contribution in [3.8, 4) is 0 Å². The number of rotatable bonds is 2. The van der Waals surface area contributed by atoms with Gasteiger partial charge in [-0.3, -0.25) is 4.79 Å². The highest BCUT2D eigenvalue weighted by Gasteiger charge is 2.47. The minimum atomic E-state index is -0.634. The van der Waals surface area contributed by atoms with Crippen LogP contribution in [-0.4, -0.2) is 30.4 Å². The van der Waals surface area contributed by atoms with Gasteiger partial charge in [0.25, 0.3) is 5.91 Å². The second-order valence-electron chi connectivity index (χ2n) is 6.64. The third kappa shape index (κ3) is 3.20. The summed E-state index contributed by atoms with van der Waals surface area (Å²) in [6, 6.07) is 10.2. The number of nitrogens with zero attached hydrogens (tertiary/aromatic N) is 1. The Morgan fingerprint density at radius 1 is 1.15 bits per heavy atom. The Hall–Kier alpha value is -1.69. The van der Waals surface area contributed by atoms with Crippen LogP contribution in [-0.2, 0) is 0 Å². The van der Waals surface area contributed by atoms with E-state index in [2.05, 4.69) is 5.32 Å². The van der Waals surface area contributed by atoms with E-state index in [4.69, 9.17) is 11.6 Å². The van der Waals surface area contributed by atoms with Gasteiger partial charge in [-0.15, -0.1) is 12.4 Å². The molecule has 2 fully saturated rings. The fraction of sp³-hybridized carbons (Fsp3) is 0.316. The van der Waals surface area contributed by atoms with Gasteiger partial charge in [-0.05, 0) is 35.7 Å². The Balaban J connectivity index is 0.00000196. The molecule has 2 aromatic rings. The molecule has 1 amide bonds. The van der Waals surface area contributed by atoms with Crippen molar-refractivity contribution in [1.82, 2.24) is 10.2 Å². The number of carbonyl (C=O) groups excluding carboxylic acids is 1. The van der Waals surface area contributed by atoms with Crippen LogP contribution < -0.4 is 5.32 Å². The van der Waals surface area contributed by atoms with E-state index in [1.807, 2.05) is 6.07 Å². The number of hydrogen-bond donors (Lipinski definition) is 1. The summed E-state index contributed by atoms with van der Waals surface area (Å²) in [4.78, 5) is 14.7. The average Bonchev–Trinajstić information content (AvgIpc) is 3.15. The van der Waals surface area contributed by atoms with E-state index in [0.717, 1.165) is 18.7 Å². The van der Waals surface area contributed by atoms with E-state index in [-0.39, 0.29) is 46.7 Å². The highest BCUT2D eigenvalue weighted by Crippen LogP contribution is 2.43. The number of carbonyl (C=O) groups is 1. The molecule has 7 heteroatoms. The van der Waals surface area contributed by atoms with Crippen molar-refractivity contribution in [2.45, 2.75) is 6.04 Å². The second kappa shape index (κ2) is 7.51. The van der Waals surface area contributed by atoms with Gasteiger partial charge in [-0.25, -0.2) is 8.78 Å². The van der Waals surface area contributed by atoms with Crippen LogP contribution in [0, 0.1) is 23.5 Å². The van der Waals surface area contributed by atoms with Crippen molar-refractivity contribution < 1.29 is 13.6 Å². The first kappa shape index (κ1) is 19.1. The molecular weight excluding hydrogens is 381 g/mol. The molecular formula is C19H18Cl2F2N2O. The van der Waals surface area contributed by atoms with Gasteiger partial charge in [0.2, 0.25) is 0 Å². The molecule has 2 aliphatic rings. The molecule has 2 aromatic carbocycles. The van der Waals surface area contributed by atoms with Gasteiger partial charge >= 0.3 is 0 Å². The molecule has 2 saturated heterocycles. The molecule has 0 aromatic heterocycles. The minimum absolute atomic E-state index is 0. The van der Waals surface area contributed by atoms with Gasteiger partial charge in [0, 0.05) is 25.6 Å². The Kier molecular flexibility index (Phi) is 5.51. The lowest BCUT2D eigenvalue weighted by molar-refractivity contribution is 0.0709. The summed E-state index contributed by atoms with van der Waals surface area (Å²) in [5.74, 6) is -0.972. The lowest BCUT2D eigenvalue weighted by Crippen LogP contribution is -2.35. The summed E-state index contributed by atoms with van der Waals surface area (Å²) < 4.78 is 28.0. The average molecular weight is 399 g/mol. The zero-order valence-corrected chi connectivity index (χ0v) is 15.4. The molecule has 0 radical (unpaired) electrons. The maximum atomic E-state index is 14.2. The zero-order valence-electron chi connectivity index (χ0n) is 13.8. The topological polar surface area (TPSA) is 32.3 Å². The molecule has 138 valence electrons. The molecule has 0 bridgehead atoms. The molecule has 3 atom stereocenters. The molecule has 2 aliphatic heterocycles. The maximum Gasteiger partial charge on any atom is 0.258 e. The van der Waals surface area contributed by atoms with Crippen LogP contribution in [0.5, 0.6) is 0 Å². The third-order valence-corrected chi connectivity index (χ3v) is 5.51. The van der Waals surface area contributed by atoms with Gasteiger partial charge < -0.3 is 10.2 Å². The predicted molar refractivity (Wildman–Crippen MR) is 98.7 cm³/mol. The van der Waals surface area contributed by atoms with Crippen LogP contribution in [0.3, 0.4) is 0 Å². The van der Waals surface area contributed by atoms with Gasteiger partial charge in [-0.2, -0.15) is 0 Å². The van der Waals surface area contributed by atoms with E-state index < -0.39 is 11.7 Å². The first-order chi connectivity index (χ1) is 12.1. The number of benzene rings is 2. The van der Waals surface area contributed by atoms with Crippen LogP contribution in [0.2, 0.25) is 5.02 Å². The molecule has 1 N–H and O–H groups in total. The summed E-state index contributed by atoms with van der Waals surface area (Å²) in [7, 11) is 0. The van der Waals surface area contributed by atoms with Crippen LogP contribution in [0.15, 0.2) is 42.5 Å². The van der Waals surface area contributed by atoms with Gasteiger partial charge in [0.05, 0.1) is 16.6 Å². The fourth-order valence-corrected chi connectivity index (χ4v) is 4.34. The van der Waals surface area contributed by atoms with Crippen LogP contribution >= 0.6 is 24.0 Å². The molecule has 2 heterocycles. The third-order valence-electron chi connectivity index (χ3n) is 5.19. The Morgan fingerprint density at radius 2 is 1.92 bits per heavy atom. The lowest BCUT2D eigenvalue weighted by Gasteiger charge is -2.29. The number of nitrogens with one attached hydrogen (secondary N) is 1. The van der Waals surface area contributed by atoms with Crippen molar-refractivity contribution in [2.24, 2.45) is 11.8 Å². The van der Waals surface area contributed by atoms with E-state index in [1.54, 1.807) is 11.0 Å². The number of likely N-dealkylation sites (tertiary alicyclic amines) is 1. The molecule has 4 rings (SSSR count). The number of fused-ring (bicyclic) bond motifs is 1. The lowest BCUT2D eigenvalue weighted by atomic mass is 9.89. The summed E-state index contributed by atoms with van der Waals surface area (Å²) >= 11 is 6.08. The van der Waals surface area contributed by atoms with Gasteiger partial charge in [0.15, 0.2) is 0 Å². The molecule has 0 saturated carbocycles. The highest BCUT2D eigenvalue weighted by atomic mass is 35.5. The summed E-state index contributed by atoms with van der Waals surface area (Å²) in [6.45, 7) is 2.05. The van der Waals surface area contributed by atoms with E-state index >= 15 is 0 Å². The monoisotopic (exact) mass is 398 g/mol. The van der Waals surface area contributed by atoms with Crippen molar-refractivity contribution in [3.63, 3.8) is 0 Å². The van der Waals surface area contributed by atoms with Crippen molar-refractivity contribution >= 4 is 29.9 Å². The molecule has 26 heavy (non-hydrogen) atoms. The smallest absolute Gasteiger partial charge is 0.258 e. The largest absolute Gasteiger partial charge is 0.331 e. The standard InChI is InChI=1S/C19H17ClF2N2O.ClH/c20-15-5-2-6-16(22)17(15)19(25)24-10-12-8-23-9-14(12)18(24)11-3-1-4-13(21)7-11;/h1-7,12,14,18,23H,8-10H2;1H/t12-,14-,18+;/m0./s1. The number of halogens is 4. The molecule has 0 unspecified atom stereocenters. The maximum absolute atomic E-state index is 14.2. The highest BCUT2D eigenvalue weighted by molar-refractivity contribution is 6.33. The van der Waals surface area contributed by atoms with Crippen LogP contribution in [0.4, 0.5) is 8.78 Å². The molecule has 0 aliphatic carbocycles. The Labute approximate surface area is 161 Å². The van der Waals surface area contributed by atoms with E-state index in [1.165, 1.54) is 30.3 Å². The molecule has 0 spiro atoms. The summed E-state index contributed by atoms with van der Waals surface area (Å²) in [5.41, 5.74) is 0.621. The van der Waals surface area contributed by atoms with Crippen molar-refractivity contribution in [3.05, 3.63) is 70.2 Å². The normalized spacial score (nSPS) is 24.3. The fourth-order valence-electron chi connectivity index (χ4n) is 4.09. The van der Waals surface area contributed by atoms with Crippen LogP contribution in [0.1, 0.15) is 22.0 Å². The second-order valence-corrected chi connectivity index (χ2v) is 7.04. The summed E-state index contributed by atoms with van der Waals surface area (Å²) in [5, 5.41) is 3.42. The first-order valence-electron chi connectivity index (χ1n) is 8.27. The van der Waals surface area contributed by atoms with E-state index in [0.29, 0.717) is 6.54 Å². The van der Waals surface area contributed by atoms with Gasteiger partial charge in [0.1, 0.15) is 11.6 Å².